The van der Waals surface area contributed by atoms with Crippen molar-refractivity contribution in [2.75, 3.05) is 11.5 Å². The molecule has 0 spiro atoms. The summed E-state index contributed by atoms with van der Waals surface area (Å²) in [7, 11) is 0. The number of hydrogen-bond acceptors (Lipinski definition) is 7. The van der Waals surface area contributed by atoms with Crippen LogP contribution >= 0.6 is 34.9 Å². The van der Waals surface area contributed by atoms with Crippen molar-refractivity contribution in [1.29, 1.82) is 5.26 Å². The lowest BCUT2D eigenvalue weighted by atomic mass is 9.90. The fourth-order valence-electron chi connectivity index (χ4n) is 1.31. The van der Waals surface area contributed by atoms with Crippen LogP contribution in [-0.4, -0.2) is 33.1 Å². The lowest BCUT2D eigenvalue weighted by Gasteiger charge is -2.27. The molecule has 0 unspecified atom stereocenters. The second-order valence-electron chi connectivity index (χ2n) is 5.84. The fourth-order valence-corrected chi connectivity index (χ4v) is 4.10. The number of nitrogens with zero attached hydrogens (tertiary/aromatic N) is 3. The van der Waals surface area contributed by atoms with E-state index in [1.54, 1.807) is 18.7 Å². The first-order chi connectivity index (χ1) is 10.3. The van der Waals surface area contributed by atoms with Crippen LogP contribution in [-0.2, 0) is 4.79 Å². The maximum atomic E-state index is 12.0. The third-order valence-corrected chi connectivity index (χ3v) is 6.66. The van der Waals surface area contributed by atoms with Gasteiger partial charge >= 0.3 is 0 Å². The lowest BCUT2D eigenvalue weighted by Crippen LogP contribution is -2.49. The monoisotopic (exact) mass is 358 g/mol. The van der Waals surface area contributed by atoms with Gasteiger partial charge in [0, 0.05) is 5.75 Å². The predicted octanol–water partition coefficient (Wildman–Crippen LogP) is 3.43. The van der Waals surface area contributed by atoms with Crippen molar-refractivity contribution >= 4 is 40.8 Å². The van der Waals surface area contributed by atoms with E-state index in [-0.39, 0.29) is 17.6 Å². The second kappa shape index (κ2) is 8.75. The first kappa shape index (κ1) is 19.3. The topological polar surface area (TPSA) is 78.7 Å². The molecule has 1 rings (SSSR count). The van der Waals surface area contributed by atoms with Crippen molar-refractivity contribution in [3.63, 3.8) is 0 Å². The highest BCUT2D eigenvalue weighted by Crippen LogP contribution is 2.29. The Hall–Kier alpha value is -0.780. The van der Waals surface area contributed by atoms with E-state index in [1.807, 2.05) is 13.8 Å². The van der Waals surface area contributed by atoms with Gasteiger partial charge in [-0.2, -0.15) is 5.26 Å². The molecule has 0 aliphatic carbocycles. The van der Waals surface area contributed by atoms with Crippen molar-refractivity contribution in [3.05, 3.63) is 0 Å². The summed E-state index contributed by atoms with van der Waals surface area (Å²) in [5.41, 5.74) is -0.836. The summed E-state index contributed by atoms with van der Waals surface area (Å²) < 4.78 is 1.71. The molecule has 0 saturated heterocycles. The molecule has 0 fully saturated rings. The van der Waals surface area contributed by atoms with Crippen LogP contribution in [0.15, 0.2) is 8.68 Å². The molecule has 0 radical (unpaired) electrons. The van der Waals surface area contributed by atoms with E-state index in [4.69, 9.17) is 0 Å². The Balaban J connectivity index is 2.46. The molecule has 8 heteroatoms. The van der Waals surface area contributed by atoms with Crippen LogP contribution in [0.25, 0.3) is 0 Å². The number of thioether (sulfide) groups is 2. The van der Waals surface area contributed by atoms with Gasteiger partial charge in [-0.15, -0.1) is 10.2 Å². The number of hydrogen-bond donors (Lipinski definition) is 1. The van der Waals surface area contributed by atoms with Gasteiger partial charge < -0.3 is 5.32 Å². The van der Waals surface area contributed by atoms with Gasteiger partial charge in [0.05, 0.1) is 11.8 Å². The van der Waals surface area contributed by atoms with Crippen LogP contribution in [0.1, 0.15) is 34.6 Å². The minimum Gasteiger partial charge on any atom is -0.337 e. The van der Waals surface area contributed by atoms with E-state index >= 15 is 0 Å². The fraction of sp³-hybridized carbons (Fsp3) is 0.714. The summed E-state index contributed by atoms with van der Waals surface area (Å²) >= 11 is 4.55. The predicted molar refractivity (Wildman–Crippen MR) is 93.2 cm³/mol. The smallest absolute Gasteiger partial charge is 0.231 e. The average molecular weight is 359 g/mol. The molecule has 122 valence electrons. The molecule has 1 N–H and O–H groups in total. The van der Waals surface area contributed by atoms with E-state index < -0.39 is 5.54 Å². The standard InChI is InChI=1S/C14H22N4OS3/c1-9(2)6-20-12-17-18-13(22-12)21-7-11(19)16-14(5,8-15)10(3)4/h9-10H,6-7H2,1-5H3,(H,16,19)/t14-/m1/s1. The molecule has 1 heterocycles. The van der Waals surface area contributed by atoms with Crippen LogP contribution in [0.4, 0.5) is 0 Å². The largest absolute Gasteiger partial charge is 0.337 e. The number of rotatable bonds is 8. The van der Waals surface area contributed by atoms with Crippen molar-refractivity contribution in [3.8, 4) is 6.07 Å². The van der Waals surface area contributed by atoms with Crippen LogP contribution in [0.2, 0.25) is 0 Å². The van der Waals surface area contributed by atoms with Crippen LogP contribution in [0.5, 0.6) is 0 Å². The molecule has 0 aromatic carbocycles. The molecule has 0 saturated carbocycles. The number of nitrogens with one attached hydrogen (secondary N) is 1. The van der Waals surface area contributed by atoms with Gasteiger partial charge in [0.15, 0.2) is 8.68 Å². The number of carbonyl (C=O) groups is 1. The normalized spacial score (nSPS) is 13.9. The van der Waals surface area contributed by atoms with Gasteiger partial charge in [-0.25, -0.2) is 0 Å². The highest BCUT2D eigenvalue weighted by molar-refractivity contribution is 8.03. The van der Waals surface area contributed by atoms with Crippen molar-refractivity contribution < 1.29 is 4.79 Å². The number of carbonyl (C=O) groups excluding carboxylic acids is 1. The van der Waals surface area contributed by atoms with Gasteiger partial charge in [0.1, 0.15) is 5.54 Å². The van der Waals surface area contributed by atoms with E-state index in [9.17, 15) is 10.1 Å². The Morgan fingerprint density at radius 3 is 2.41 bits per heavy atom. The van der Waals surface area contributed by atoms with Gasteiger partial charge in [0.25, 0.3) is 0 Å². The molecule has 1 aromatic heterocycles. The zero-order chi connectivity index (χ0) is 16.8. The van der Waals surface area contributed by atoms with Crippen LogP contribution in [0, 0.1) is 23.2 Å². The maximum Gasteiger partial charge on any atom is 0.231 e. The highest BCUT2D eigenvalue weighted by Gasteiger charge is 2.29. The molecular weight excluding hydrogens is 336 g/mol. The Morgan fingerprint density at radius 2 is 1.91 bits per heavy atom. The first-order valence-electron chi connectivity index (χ1n) is 7.08. The van der Waals surface area contributed by atoms with E-state index in [0.717, 1.165) is 14.4 Å². The summed E-state index contributed by atoms with van der Waals surface area (Å²) in [5.74, 6) is 1.75. The second-order valence-corrected chi connectivity index (χ2v) is 9.31. The molecule has 5 nitrogen and oxygen atoms in total. The summed E-state index contributed by atoms with van der Waals surface area (Å²) in [4.78, 5) is 12.0. The first-order valence-corrected chi connectivity index (χ1v) is 9.87. The molecule has 0 bridgehead atoms. The third-order valence-electron chi connectivity index (χ3n) is 3.04. The molecular formula is C14H22N4OS3. The van der Waals surface area contributed by atoms with Gasteiger partial charge in [-0.3, -0.25) is 4.79 Å². The Labute approximate surface area is 144 Å². The summed E-state index contributed by atoms with van der Waals surface area (Å²) in [6.07, 6.45) is 0. The van der Waals surface area contributed by atoms with E-state index in [1.165, 1.54) is 23.1 Å². The van der Waals surface area contributed by atoms with Crippen LogP contribution in [0.3, 0.4) is 0 Å². The van der Waals surface area contributed by atoms with E-state index in [2.05, 4.69) is 35.4 Å². The Bertz CT molecular complexity index is 538. The minimum atomic E-state index is -0.836. The lowest BCUT2D eigenvalue weighted by molar-refractivity contribution is -0.120. The Kier molecular flexibility index (Phi) is 7.66. The Morgan fingerprint density at radius 1 is 1.32 bits per heavy atom. The summed E-state index contributed by atoms with van der Waals surface area (Å²) in [6.45, 7) is 9.90. The maximum absolute atomic E-state index is 12.0. The average Bonchev–Trinajstić information content (AvgIpc) is 2.90. The molecule has 0 aliphatic rings. The zero-order valence-corrected chi connectivity index (χ0v) is 16.0. The number of nitriles is 1. The molecule has 1 aromatic rings. The molecule has 22 heavy (non-hydrogen) atoms. The quantitative estimate of drug-likeness (QED) is 0.717. The van der Waals surface area contributed by atoms with Gasteiger partial charge in [-0.1, -0.05) is 62.6 Å². The van der Waals surface area contributed by atoms with Crippen molar-refractivity contribution in [1.82, 2.24) is 15.5 Å². The number of aromatic nitrogens is 2. The number of amides is 1. The van der Waals surface area contributed by atoms with Crippen LogP contribution < -0.4 is 5.32 Å². The molecule has 0 aliphatic heterocycles. The zero-order valence-electron chi connectivity index (χ0n) is 13.5. The SMILES string of the molecule is CC(C)CSc1nnc(SCC(=O)N[C@](C)(C#N)C(C)C)s1. The van der Waals surface area contributed by atoms with Crippen molar-refractivity contribution in [2.24, 2.45) is 11.8 Å². The molecule has 1 amide bonds. The van der Waals surface area contributed by atoms with Gasteiger partial charge in [-0.05, 0) is 18.8 Å². The van der Waals surface area contributed by atoms with Crippen molar-refractivity contribution in [2.45, 2.75) is 48.8 Å². The third kappa shape index (κ3) is 6.15. The molecule has 1 atom stereocenters. The van der Waals surface area contributed by atoms with Gasteiger partial charge in [0.2, 0.25) is 5.91 Å². The van der Waals surface area contributed by atoms with E-state index in [0.29, 0.717) is 5.92 Å². The minimum absolute atomic E-state index is 0.0482. The highest BCUT2D eigenvalue weighted by atomic mass is 32.2. The summed E-state index contributed by atoms with van der Waals surface area (Å²) in [5, 5.41) is 20.2. The summed E-state index contributed by atoms with van der Waals surface area (Å²) in [6, 6.07) is 2.17.